The van der Waals surface area contributed by atoms with E-state index in [1.54, 1.807) is 6.21 Å². The zero-order chi connectivity index (χ0) is 11.8. The second-order valence-electron chi connectivity index (χ2n) is 4.74. The fourth-order valence-corrected chi connectivity index (χ4v) is 2.01. The SMILES string of the molecule is [B]C1N=CC(C)=C(N[C@H]2C=NC(C3CC3)=C2)N1. The molecule has 1 fully saturated rings. The molecule has 0 aromatic rings. The molecule has 1 saturated carbocycles. The van der Waals surface area contributed by atoms with Gasteiger partial charge in [-0.3, -0.25) is 9.98 Å². The van der Waals surface area contributed by atoms with E-state index in [0.717, 1.165) is 11.4 Å². The third kappa shape index (κ3) is 2.28. The molecule has 17 heavy (non-hydrogen) atoms. The molecule has 0 aromatic carbocycles. The Morgan fingerprint density at radius 2 is 2.29 bits per heavy atom. The molecule has 3 rings (SSSR count). The summed E-state index contributed by atoms with van der Waals surface area (Å²) < 4.78 is 0. The predicted molar refractivity (Wildman–Crippen MR) is 70.1 cm³/mol. The van der Waals surface area contributed by atoms with Crippen LogP contribution in [0.15, 0.2) is 33.2 Å². The van der Waals surface area contributed by atoms with Crippen molar-refractivity contribution in [3.8, 4) is 0 Å². The molecule has 0 saturated heterocycles. The fraction of sp³-hybridized carbons (Fsp3) is 0.500. The van der Waals surface area contributed by atoms with Gasteiger partial charge in [-0.2, -0.15) is 0 Å². The lowest BCUT2D eigenvalue weighted by atomic mass is 10.0. The van der Waals surface area contributed by atoms with Crippen LogP contribution in [0.2, 0.25) is 0 Å². The van der Waals surface area contributed by atoms with Gasteiger partial charge < -0.3 is 10.6 Å². The van der Waals surface area contributed by atoms with Crippen molar-refractivity contribution < 1.29 is 0 Å². The highest BCUT2D eigenvalue weighted by molar-refractivity contribution is 6.12. The van der Waals surface area contributed by atoms with E-state index < -0.39 is 0 Å². The largest absolute Gasteiger partial charge is 0.360 e. The Labute approximate surface area is 102 Å². The molecular formula is C12H15BN4. The maximum absolute atomic E-state index is 5.71. The molecule has 2 atom stereocenters. The van der Waals surface area contributed by atoms with Gasteiger partial charge in [0.1, 0.15) is 13.7 Å². The number of rotatable bonds is 3. The van der Waals surface area contributed by atoms with E-state index >= 15 is 0 Å². The second kappa shape index (κ2) is 4.06. The minimum absolute atomic E-state index is 0.168. The molecule has 4 nitrogen and oxygen atoms in total. The Kier molecular flexibility index (Phi) is 2.54. The summed E-state index contributed by atoms with van der Waals surface area (Å²) in [7, 11) is 5.71. The molecule has 86 valence electrons. The zero-order valence-corrected chi connectivity index (χ0v) is 9.85. The van der Waals surface area contributed by atoms with E-state index in [-0.39, 0.29) is 12.1 Å². The summed E-state index contributed by atoms with van der Waals surface area (Å²) >= 11 is 0. The second-order valence-corrected chi connectivity index (χ2v) is 4.74. The minimum Gasteiger partial charge on any atom is -0.360 e. The van der Waals surface area contributed by atoms with Crippen LogP contribution in [-0.4, -0.2) is 32.4 Å². The van der Waals surface area contributed by atoms with Gasteiger partial charge >= 0.3 is 0 Å². The van der Waals surface area contributed by atoms with Crippen LogP contribution in [0.4, 0.5) is 0 Å². The molecule has 1 aliphatic carbocycles. The molecule has 2 N–H and O–H groups in total. The topological polar surface area (TPSA) is 48.8 Å². The van der Waals surface area contributed by atoms with Gasteiger partial charge in [0.25, 0.3) is 0 Å². The average Bonchev–Trinajstić information content (AvgIpc) is 3.05. The molecule has 1 unspecified atom stereocenters. The summed E-state index contributed by atoms with van der Waals surface area (Å²) in [4.78, 5) is 8.53. The molecule has 3 aliphatic rings. The quantitative estimate of drug-likeness (QED) is 0.695. The molecule has 2 heterocycles. The summed E-state index contributed by atoms with van der Waals surface area (Å²) in [5, 5.41) is 6.49. The van der Waals surface area contributed by atoms with E-state index in [0.29, 0.717) is 5.92 Å². The van der Waals surface area contributed by atoms with Gasteiger partial charge in [0.15, 0.2) is 0 Å². The highest BCUT2D eigenvalue weighted by Gasteiger charge is 2.28. The van der Waals surface area contributed by atoms with E-state index in [4.69, 9.17) is 7.85 Å². The first-order chi connectivity index (χ1) is 8.22. The fourth-order valence-electron chi connectivity index (χ4n) is 2.01. The van der Waals surface area contributed by atoms with Crippen molar-refractivity contribution in [2.75, 3.05) is 0 Å². The number of nitrogens with zero attached hydrogens (tertiary/aromatic N) is 2. The Bertz CT molecular complexity index is 445. The van der Waals surface area contributed by atoms with Crippen molar-refractivity contribution in [1.82, 2.24) is 10.6 Å². The molecular weight excluding hydrogens is 211 g/mol. The van der Waals surface area contributed by atoms with E-state index in [9.17, 15) is 0 Å². The summed E-state index contributed by atoms with van der Waals surface area (Å²) in [5.74, 6) is 1.65. The van der Waals surface area contributed by atoms with E-state index in [1.165, 1.54) is 18.5 Å². The van der Waals surface area contributed by atoms with Crippen molar-refractivity contribution in [2.24, 2.45) is 15.9 Å². The van der Waals surface area contributed by atoms with Gasteiger partial charge in [-0.1, -0.05) is 0 Å². The smallest absolute Gasteiger partial charge is 0.132 e. The van der Waals surface area contributed by atoms with Crippen LogP contribution in [0.1, 0.15) is 19.8 Å². The normalized spacial score (nSPS) is 31.5. The van der Waals surface area contributed by atoms with Crippen LogP contribution < -0.4 is 10.6 Å². The van der Waals surface area contributed by atoms with E-state index in [1.807, 2.05) is 13.1 Å². The maximum Gasteiger partial charge on any atom is 0.132 e. The lowest BCUT2D eigenvalue weighted by Crippen LogP contribution is -2.41. The molecule has 2 aliphatic heterocycles. The van der Waals surface area contributed by atoms with Crippen molar-refractivity contribution in [3.63, 3.8) is 0 Å². The lowest BCUT2D eigenvalue weighted by Gasteiger charge is -2.23. The Morgan fingerprint density at radius 1 is 1.47 bits per heavy atom. The number of hydrogen-bond donors (Lipinski definition) is 2. The standard InChI is InChI=1S/C12H15BN4/c1-7-5-15-12(13)17-11(7)16-9-4-10(14-6-9)8-2-3-8/h4-6,8-9,12,16-17H,2-3H2,1H3/t9-,12?/m1/s1. The summed E-state index contributed by atoms with van der Waals surface area (Å²) in [6.07, 6.45) is 8.51. The van der Waals surface area contributed by atoms with Gasteiger partial charge in [0, 0.05) is 29.6 Å². The first kappa shape index (κ1) is 10.6. The monoisotopic (exact) mass is 226 g/mol. The van der Waals surface area contributed by atoms with Crippen LogP contribution in [0.3, 0.4) is 0 Å². The Balaban J connectivity index is 1.68. The summed E-state index contributed by atoms with van der Waals surface area (Å²) in [6.45, 7) is 2.00. The first-order valence-electron chi connectivity index (χ1n) is 6.01. The zero-order valence-electron chi connectivity index (χ0n) is 9.85. The number of aliphatic imine (C=N–C) groups is 2. The van der Waals surface area contributed by atoms with Crippen LogP contribution >= 0.6 is 0 Å². The van der Waals surface area contributed by atoms with Crippen molar-refractivity contribution in [2.45, 2.75) is 31.9 Å². The Morgan fingerprint density at radius 3 is 3.06 bits per heavy atom. The highest BCUT2D eigenvalue weighted by Crippen LogP contribution is 2.38. The molecule has 2 radical (unpaired) electrons. The molecule has 0 aromatic heterocycles. The Hall–Kier alpha value is -1.52. The van der Waals surface area contributed by atoms with Gasteiger partial charge in [0.05, 0.1) is 12.1 Å². The number of nitrogens with one attached hydrogen (secondary N) is 2. The average molecular weight is 226 g/mol. The van der Waals surface area contributed by atoms with Crippen molar-refractivity contribution >= 4 is 20.3 Å². The molecule has 0 bridgehead atoms. The summed E-state index contributed by atoms with van der Waals surface area (Å²) in [5.41, 5.74) is 2.29. The minimum atomic E-state index is -0.355. The molecule has 0 spiro atoms. The highest BCUT2D eigenvalue weighted by atomic mass is 15.2. The molecule has 0 amide bonds. The van der Waals surface area contributed by atoms with E-state index in [2.05, 4.69) is 26.7 Å². The van der Waals surface area contributed by atoms with Crippen molar-refractivity contribution in [1.29, 1.82) is 0 Å². The number of allylic oxidation sites excluding steroid dienone is 2. The van der Waals surface area contributed by atoms with Crippen LogP contribution in [0.5, 0.6) is 0 Å². The first-order valence-corrected chi connectivity index (χ1v) is 6.01. The van der Waals surface area contributed by atoms with Crippen LogP contribution in [0, 0.1) is 5.92 Å². The summed E-state index contributed by atoms with van der Waals surface area (Å²) in [6, 6.07) is -0.187. The van der Waals surface area contributed by atoms with Crippen molar-refractivity contribution in [3.05, 3.63) is 23.2 Å². The maximum atomic E-state index is 5.71. The van der Waals surface area contributed by atoms with Gasteiger partial charge in [-0.15, -0.1) is 0 Å². The van der Waals surface area contributed by atoms with Crippen LogP contribution in [-0.2, 0) is 0 Å². The third-order valence-corrected chi connectivity index (χ3v) is 3.16. The van der Waals surface area contributed by atoms with Crippen LogP contribution in [0.25, 0.3) is 0 Å². The molecule has 5 heteroatoms. The van der Waals surface area contributed by atoms with Gasteiger partial charge in [-0.05, 0) is 25.8 Å². The number of hydrogen-bond acceptors (Lipinski definition) is 4. The third-order valence-electron chi connectivity index (χ3n) is 3.16. The predicted octanol–water partition coefficient (Wildman–Crippen LogP) is 0.680. The lowest BCUT2D eigenvalue weighted by molar-refractivity contribution is 0.653. The van der Waals surface area contributed by atoms with Gasteiger partial charge in [-0.25, -0.2) is 0 Å². The van der Waals surface area contributed by atoms with Gasteiger partial charge in [0.2, 0.25) is 0 Å².